The van der Waals surface area contributed by atoms with E-state index in [0.29, 0.717) is 30.2 Å². The molecule has 0 spiro atoms. The smallest absolute Gasteiger partial charge is 0.259 e. The van der Waals surface area contributed by atoms with Gasteiger partial charge >= 0.3 is 0 Å². The van der Waals surface area contributed by atoms with E-state index in [1.54, 1.807) is 46.9 Å². The molecule has 2 aliphatic heterocycles. The minimum atomic E-state index is -3.47. The van der Waals surface area contributed by atoms with Crippen LogP contribution in [0.4, 0.5) is 11.5 Å². The van der Waals surface area contributed by atoms with E-state index in [-0.39, 0.29) is 10.8 Å². The van der Waals surface area contributed by atoms with E-state index in [1.165, 1.54) is 0 Å². The van der Waals surface area contributed by atoms with E-state index in [1.807, 2.05) is 0 Å². The van der Waals surface area contributed by atoms with Gasteiger partial charge in [0.2, 0.25) is 10.0 Å². The molecule has 0 atom stereocenters. The molecule has 2 fully saturated rings. The predicted octanol–water partition coefficient (Wildman–Crippen LogP) is 3.11. The topological polar surface area (TPSA) is 82.6 Å². The van der Waals surface area contributed by atoms with Crippen LogP contribution in [0.1, 0.15) is 42.5 Å². The summed E-state index contributed by atoms with van der Waals surface area (Å²) in [5, 5.41) is 2.87. The first kappa shape index (κ1) is 19.8. The van der Waals surface area contributed by atoms with Crippen LogP contribution in [-0.4, -0.2) is 49.8 Å². The van der Waals surface area contributed by atoms with Crippen molar-refractivity contribution in [2.24, 2.45) is 0 Å². The van der Waals surface area contributed by atoms with E-state index in [0.717, 1.165) is 45.2 Å². The lowest BCUT2D eigenvalue weighted by Gasteiger charge is -2.25. The maximum absolute atomic E-state index is 12.8. The Labute approximate surface area is 171 Å². The summed E-state index contributed by atoms with van der Waals surface area (Å²) in [6.07, 6.45) is 6.78. The number of sulfonamides is 1. The second-order valence-electron chi connectivity index (χ2n) is 7.51. The fraction of sp³-hybridized carbons (Fsp3) is 0.429. The third-order valence-corrected chi connectivity index (χ3v) is 7.41. The molecule has 0 bridgehead atoms. The van der Waals surface area contributed by atoms with Gasteiger partial charge in [0.05, 0.1) is 10.5 Å². The van der Waals surface area contributed by atoms with Crippen molar-refractivity contribution in [3.8, 4) is 0 Å². The highest BCUT2D eigenvalue weighted by Crippen LogP contribution is 2.24. The van der Waals surface area contributed by atoms with Crippen LogP contribution in [0, 0.1) is 0 Å². The van der Waals surface area contributed by atoms with Crippen LogP contribution in [0.3, 0.4) is 0 Å². The molecule has 154 valence electrons. The lowest BCUT2D eigenvalue weighted by atomic mass is 10.2. The molecule has 0 saturated carbocycles. The number of nitrogens with zero attached hydrogens (tertiary/aromatic N) is 3. The Balaban J connectivity index is 1.49. The number of carbonyl (C=O) groups excluding carboxylic acids is 1. The fourth-order valence-corrected chi connectivity index (χ4v) is 5.44. The van der Waals surface area contributed by atoms with Crippen molar-refractivity contribution in [1.82, 2.24) is 9.29 Å². The van der Waals surface area contributed by atoms with Crippen molar-refractivity contribution in [3.63, 3.8) is 0 Å². The number of pyridine rings is 1. The number of hydrogen-bond acceptors (Lipinski definition) is 5. The summed E-state index contributed by atoms with van der Waals surface area (Å²) in [6, 6.07) is 9.92. The van der Waals surface area contributed by atoms with Crippen LogP contribution < -0.4 is 10.2 Å². The van der Waals surface area contributed by atoms with Gasteiger partial charge in [0.15, 0.2) is 0 Å². The van der Waals surface area contributed by atoms with Gasteiger partial charge in [-0.25, -0.2) is 13.4 Å². The Hall–Kier alpha value is -2.45. The van der Waals surface area contributed by atoms with Crippen LogP contribution in [0.5, 0.6) is 0 Å². The Morgan fingerprint density at radius 3 is 2.24 bits per heavy atom. The molecule has 2 aliphatic rings. The lowest BCUT2D eigenvalue weighted by Crippen LogP contribution is -2.35. The summed E-state index contributed by atoms with van der Waals surface area (Å²) in [5.74, 6) is 0.457. The molecule has 7 nitrogen and oxygen atoms in total. The fourth-order valence-electron chi connectivity index (χ4n) is 3.92. The number of hydrogen-bond donors (Lipinski definition) is 1. The Morgan fingerprint density at radius 2 is 1.55 bits per heavy atom. The molecule has 1 aromatic carbocycles. The van der Waals surface area contributed by atoms with Crippen molar-refractivity contribution in [2.45, 2.75) is 37.0 Å². The number of piperidine rings is 1. The Bertz CT molecular complexity index is 964. The summed E-state index contributed by atoms with van der Waals surface area (Å²) in [6.45, 7) is 2.95. The highest BCUT2D eigenvalue weighted by Gasteiger charge is 2.26. The molecular formula is C21H26N4O3S. The number of nitrogens with one attached hydrogen (secondary N) is 1. The molecule has 1 N–H and O–H groups in total. The summed E-state index contributed by atoms with van der Waals surface area (Å²) in [7, 11) is -3.47. The number of amides is 1. The summed E-state index contributed by atoms with van der Waals surface area (Å²) < 4.78 is 27.1. The van der Waals surface area contributed by atoms with Crippen molar-refractivity contribution in [3.05, 3.63) is 48.2 Å². The quantitative estimate of drug-likeness (QED) is 0.813. The van der Waals surface area contributed by atoms with E-state index in [9.17, 15) is 13.2 Å². The Kier molecular flexibility index (Phi) is 5.82. The molecule has 2 aromatic rings. The number of rotatable bonds is 5. The van der Waals surface area contributed by atoms with E-state index >= 15 is 0 Å². The number of anilines is 2. The zero-order valence-corrected chi connectivity index (χ0v) is 17.2. The molecule has 0 unspecified atom stereocenters. The SMILES string of the molecule is O=C(Nc1ccc(S(=O)(=O)N2CCCCC2)cc1)c1cccnc1N1CCCC1. The van der Waals surface area contributed by atoms with Gasteiger partial charge in [0, 0.05) is 38.1 Å². The molecule has 2 saturated heterocycles. The van der Waals surface area contributed by atoms with Gasteiger partial charge in [0.25, 0.3) is 5.91 Å². The summed E-state index contributed by atoms with van der Waals surface area (Å²) in [4.78, 5) is 19.6. The minimum absolute atomic E-state index is 0.244. The second kappa shape index (κ2) is 8.51. The first-order valence-electron chi connectivity index (χ1n) is 10.2. The van der Waals surface area contributed by atoms with Gasteiger partial charge in [-0.15, -0.1) is 0 Å². The predicted molar refractivity (Wildman–Crippen MR) is 113 cm³/mol. The number of aromatic nitrogens is 1. The standard InChI is InChI=1S/C21H26N4O3S/c26-21(19-7-6-12-22-20(19)24-13-4-5-14-24)23-17-8-10-18(11-9-17)29(27,28)25-15-2-1-3-16-25/h6-12H,1-5,13-16H2,(H,23,26). The second-order valence-corrected chi connectivity index (χ2v) is 9.45. The van der Waals surface area contributed by atoms with Crippen LogP contribution in [0.25, 0.3) is 0 Å². The van der Waals surface area contributed by atoms with E-state index in [2.05, 4.69) is 15.2 Å². The molecule has 1 aromatic heterocycles. The molecule has 1 amide bonds. The van der Waals surface area contributed by atoms with Gasteiger partial charge in [-0.05, 0) is 62.1 Å². The van der Waals surface area contributed by atoms with Crippen LogP contribution in [0.2, 0.25) is 0 Å². The average molecular weight is 415 g/mol. The van der Waals surface area contributed by atoms with Gasteiger partial charge in [-0.2, -0.15) is 4.31 Å². The van der Waals surface area contributed by atoms with Gasteiger partial charge < -0.3 is 10.2 Å². The summed E-state index contributed by atoms with van der Waals surface area (Å²) in [5.41, 5.74) is 1.09. The Morgan fingerprint density at radius 1 is 0.897 bits per heavy atom. The molecule has 3 heterocycles. The normalized spacial score (nSPS) is 18.0. The minimum Gasteiger partial charge on any atom is -0.356 e. The average Bonchev–Trinajstić information content (AvgIpc) is 3.29. The zero-order valence-electron chi connectivity index (χ0n) is 16.4. The molecule has 0 aliphatic carbocycles. The molecule has 29 heavy (non-hydrogen) atoms. The zero-order chi connectivity index (χ0) is 20.3. The maximum Gasteiger partial charge on any atom is 0.259 e. The highest BCUT2D eigenvalue weighted by molar-refractivity contribution is 7.89. The van der Waals surface area contributed by atoms with Gasteiger partial charge in [-0.1, -0.05) is 6.42 Å². The number of carbonyl (C=O) groups is 1. The first-order chi connectivity index (χ1) is 14.1. The van der Waals surface area contributed by atoms with E-state index in [4.69, 9.17) is 0 Å². The lowest BCUT2D eigenvalue weighted by molar-refractivity contribution is 0.102. The van der Waals surface area contributed by atoms with Crippen molar-refractivity contribution in [1.29, 1.82) is 0 Å². The first-order valence-corrected chi connectivity index (χ1v) is 11.6. The molecule has 8 heteroatoms. The van der Waals surface area contributed by atoms with E-state index < -0.39 is 10.0 Å². The third-order valence-electron chi connectivity index (χ3n) is 5.50. The third kappa shape index (κ3) is 4.28. The van der Waals surface area contributed by atoms with Crippen molar-refractivity contribution >= 4 is 27.4 Å². The van der Waals surface area contributed by atoms with Crippen LogP contribution in [-0.2, 0) is 10.0 Å². The van der Waals surface area contributed by atoms with Gasteiger partial charge in [-0.3, -0.25) is 4.79 Å². The van der Waals surface area contributed by atoms with Gasteiger partial charge in [0.1, 0.15) is 5.82 Å². The van der Waals surface area contributed by atoms with Crippen LogP contribution >= 0.6 is 0 Å². The van der Waals surface area contributed by atoms with Crippen molar-refractivity contribution in [2.75, 3.05) is 36.4 Å². The number of benzene rings is 1. The summed E-state index contributed by atoms with van der Waals surface area (Å²) >= 11 is 0. The molecule has 4 rings (SSSR count). The molecular weight excluding hydrogens is 388 g/mol. The van der Waals surface area contributed by atoms with Crippen molar-refractivity contribution < 1.29 is 13.2 Å². The van der Waals surface area contributed by atoms with Crippen LogP contribution in [0.15, 0.2) is 47.5 Å². The highest BCUT2D eigenvalue weighted by atomic mass is 32.2. The monoisotopic (exact) mass is 414 g/mol. The molecule has 0 radical (unpaired) electrons. The maximum atomic E-state index is 12.8. The largest absolute Gasteiger partial charge is 0.356 e.